The molecule has 7 heteroatoms. The van der Waals surface area contributed by atoms with Crippen molar-refractivity contribution in [3.63, 3.8) is 0 Å². The number of anilines is 2. The third-order valence-corrected chi connectivity index (χ3v) is 5.58. The maximum absolute atomic E-state index is 13.4. The van der Waals surface area contributed by atoms with Crippen LogP contribution in [0, 0.1) is 6.92 Å². The van der Waals surface area contributed by atoms with Gasteiger partial charge in [-0.1, -0.05) is 54.6 Å². The van der Waals surface area contributed by atoms with Crippen LogP contribution in [0.25, 0.3) is 5.69 Å². The average molecular weight is 443 g/mol. The molecule has 0 saturated carbocycles. The van der Waals surface area contributed by atoms with Gasteiger partial charge in [-0.25, -0.2) is 4.68 Å². The lowest BCUT2D eigenvalue weighted by atomic mass is 10.1. The van der Waals surface area contributed by atoms with Crippen LogP contribution in [0.1, 0.15) is 17.3 Å². The van der Waals surface area contributed by atoms with Crippen LogP contribution in [-0.2, 0) is 11.8 Å². The third-order valence-electron chi connectivity index (χ3n) is 5.58. The van der Waals surface area contributed by atoms with Crippen molar-refractivity contribution >= 4 is 17.3 Å². The topological polar surface area (TPSA) is 77.3 Å². The zero-order chi connectivity index (χ0) is 23.4. The first-order valence-electron chi connectivity index (χ1n) is 10.6. The molecule has 0 aliphatic heterocycles. The van der Waals surface area contributed by atoms with E-state index >= 15 is 0 Å². The van der Waals surface area contributed by atoms with Crippen molar-refractivity contribution in [1.29, 1.82) is 0 Å². The average Bonchev–Trinajstić information content (AvgIpc) is 3.06. The predicted molar refractivity (Wildman–Crippen MR) is 130 cm³/mol. The SMILES string of the molecule is COc1cccc(NC(=O)C(Nc2c(C)n(C)n(-c3ccccc3)c2=O)c2ccccc2)c1. The molecule has 1 amide bonds. The summed E-state index contributed by atoms with van der Waals surface area (Å²) in [5.74, 6) is 0.352. The summed E-state index contributed by atoms with van der Waals surface area (Å²) in [6.07, 6.45) is 0. The standard InChI is InChI=1S/C26H26N4O3/c1-18-23(26(32)30(29(18)2)21-14-8-5-9-15-21)28-24(19-11-6-4-7-12-19)25(31)27-20-13-10-16-22(17-20)33-3/h4-17,24,28H,1-3H3,(H,27,31). The zero-order valence-electron chi connectivity index (χ0n) is 18.8. The molecule has 1 unspecified atom stereocenters. The van der Waals surface area contributed by atoms with Gasteiger partial charge in [-0.05, 0) is 36.8 Å². The molecule has 168 valence electrons. The van der Waals surface area contributed by atoms with Crippen LogP contribution in [0.2, 0.25) is 0 Å². The van der Waals surface area contributed by atoms with Gasteiger partial charge in [0.05, 0.1) is 18.5 Å². The van der Waals surface area contributed by atoms with Crippen LogP contribution in [0.5, 0.6) is 5.75 Å². The van der Waals surface area contributed by atoms with Crippen LogP contribution in [0.3, 0.4) is 0 Å². The molecule has 2 N–H and O–H groups in total. The van der Waals surface area contributed by atoms with Gasteiger partial charge in [0.25, 0.3) is 11.5 Å². The minimum Gasteiger partial charge on any atom is -0.497 e. The first-order chi connectivity index (χ1) is 16.0. The van der Waals surface area contributed by atoms with Crippen molar-refractivity contribution in [3.8, 4) is 11.4 Å². The summed E-state index contributed by atoms with van der Waals surface area (Å²) in [6.45, 7) is 1.85. The largest absolute Gasteiger partial charge is 0.497 e. The van der Waals surface area contributed by atoms with Gasteiger partial charge in [-0.15, -0.1) is 0 Å². The summed E-state index contributed by atoms with van der Waals surface area (Å²) in [7, 11) is 3.40. The number of methoxy groups -OCH3 is 1. The number of para-hydroxylation sites is 1. The highest BCUT2D eigenvalue weighted by Gasteiger charge is 2.25. The van der Waals surface area contributed by atoms with E-state index < -0.39 is 6.04 Å². The molecule has 33 heavy (non-hydrogen) atoms. The number of hydrogen-bond acceptors (Lipinski definition) is 4. The Bertz CT molecular complexity index is 1310. The molecular weight excluding hydrogens is 416 g/mol. The first-order valence-corrected chi connectivity index (χ1v) is 10.6. The van der Waals surface area contributed by atoms with Gasteiger partial charge in [0.1, 0.15) is 17.5 Å². The highest BCUT2D eigenvalue weighted by Crippen LogP contribution is 2.24. The fraction of sp³-hybridized carbons (Fsp3) is 0.154. The van der Waals surface area contributed by atoms with Gasteiger partial charge in [-0.2, -0.15) is 0 Å². The smallest absolute Gasteiger partial charge is 0.295 e. The summed E-state index contributed by atoms with van der Waals surface area (Å²) in [4.78, 5) is 26.7. The maximum Gasteiger partial charge on any atom is 0.295 e. The number of carbonyl (C=O) groups is 1. The lowest BCUT2D eigenvalue weighted by molar-refractivity contribution is -0.117. The quantitative estimate of drug-likeness (QED) is 0.448. The molecule has 0 bridgehead atoms. The van der Waals surface area contributed by atoms with Crippen molar-refractivity contribution in [2.24, 2.45) is 7.05 Å². The second-order valence-electron chi connectivity index (χ2n) is 7.65. The van der Waals surface area contributed by atoms with Crippen molar-refractivity contribution in [1.82, 2.24) is 9.36 Å². The molecule has 0 aliphatic carbocycles. The number of benzene rings is 3. The molecule has 7 nitrogen and oxygen atoms in total. The van der Waals surface area contributed by atoms with Gasteiger partial charge in [0.2, 0.25) is 0 Å². The molecule has 4 rings (SSSR count). The van der Waals surface area contributed by atoms with E-state index in [2.05, 4.69) is 10.6 Å². The lowest BCUT2D eigenvalue weighted by Crippen LogP contribution is -2.29. The monoisotopic (exact) mass is 442 g/mol. The second-order valence-corrected chi connectivity index (χ2v) is 7.65. The van der Waals surface area contributed by atoms with Crippen molar-refractivity contribution in [3.05, 3.63) is 107 Å². The van der Waals surface area contributed by atoms with E-state index in [9.17, 15) is 9.59 Å². The molecule has 4 aromatic rings. The molecule has 0 saturated heterocycles. The highest BCUT2D eigenvalue weighted by atomic mass is 16.5. The minimum absolute atomic E-state index is 0.226. The normalized spacial score (nSPS) is 11.6. The Morgan fingerprint density at radius 2 is 1.61 bits per heavy atom. The molecule has 1 atom stereocenters. The Balaban J connectivity index is 1.71. The van der Waals surface area contributed by atoms with E-state index in [0.717, 1.165) is 16.9 Å². The molecule has 1 heterocycles. The van der Waals surface area contributed by atoms with Crippen molar-refractivity contribution in [2.75, 3.05) is 17.7 Å². The summed E-state index contributed by atoms with van der Waals surface area (Å²) < 4.78 is 8.62. The molecule has 0 fully saturated rings. The Labute approximate surface area is 192 Å². The maximum atomic E-state index is 13.4. The molecule has 0 radical (unpaired) electrons. The van der Waals surface area contributed by atoms with E-state index in [4.69, 9.17) is 4.74 Å². The van der Waals surface area contributed by atoms with Crippen LogP contribution in [0.4, 0.5) is 11.4 Å². The molecule has 0 aliphatic rings. The zero-order valence-corrected chi connectivity index (χ0v) is 18.8. The number of rotatable bonds is 7. The summed E-state index contributed by atoms with van der Waals surface area (Å²) in [5.41, 5.74) is 2.96. The molecule has 3 aromatic carbocycles. The Morgan fingerprint density at radius 1 is 0.939 bits per heavy atom. The first kappa shape index (κ1) is 22.0. The van der Waals surface area contributed by atoms with Crippen molar-refractivity contribution < 1.29 is 9.53 Å². The number of nitrogens with one attached hydrogen (secondary N) is 2. The number of hydrogen-bond donors (Lipinski definition) is 2. The third kappa shape index (κ3) is 4.52. The van der Waals surface area contributed by atoms with Gasteiger partial charge in [0, 0.05) is 18.8 Å². The summed E-state index contributed by atoms with van der Waals surface area (Å²) in [5, 5.41) is 6.14. The van der Waals surface area contributed by atoms with Gasteiger partial charge in [-0.3, -0.25) is 14.3 Å². The van der Waals surface area contributed by atoms with Crippen LogP contribution < -0.4 is 20.9 Å². The van der Waals surface area contributed by atoms with Crippen LogP contribution in [0.15, 0.2) is 89.7 Å². The fourth-order valence-corrected chi connectivity index (χ4v) is 3.74. The van der Waals surface area contributed by atoms with Gasteiger partial charge >= 0.3 is 0 Å². The number of carbonyl (C=O) groups excluding carboxylic acids is 1. The molecule has 0 spiro atoms. The number of aromatic nitrogens is 2. The van der Waals surface area contributed by atoms with E-state index in [0.29, 0.717) is 17.1 Å². The summed E-state index contributed by atoms with van der Waals surface area (Å²) in [6, 6.07) is 25.1. The van der Waals surface area contributed by atoms with Gasteiger partial charge in [0.15, 0.2) is 0 Å². The fourth-order valence-electron chi connectivity index (χ4n) is 3.74. The number of nitrogens with zero attached hydrogens (tertiary/aromatic N) is 2. The Morgan fingerprint density at radius 3 is 2.27 bits per heavy atom. The predicted octanol–water partition coefficient (Wildman–Crippen LogP) is 4.28. The highest BCUT2D eigenvalue weighted by molar-refractivity contribution is 5.97. The number of amides is 1. The van der Waals surface area contributed by atoms with Crippen LogP contribution in [-0.4, -0.2) is 22.4 Å². The Hall–Kier alpha value is -4.26. The van der Waals surface area contributed by atoms with Gasteiger partial charge < -0.3 is 15.4 Å². The minimum atomic E-state index is -0.782. The second kappa shape index (κ2) is 9.48. The molecule has 1 aromatic heterocycles. The summed E-state index contributed by atoms with van der Waals surface area (Å²) >= 11 is 0. The van der Waals surface area contributed by atoms with E-state index in [1.165, 1.54) is 0 Å². The lowest BCUT2D eigenvalue weighted by Gasteiger charge is -2.19. The van der Waals surface area contributed by atoms with E-state index in [-0.39, 0.29) is 11.5 Å². The number of ether oxygens (including phenoxy) is 1. The van der Waals surface area contributed by atoms with Crippen LogP contribution >= 0.6 is 0 Å². The Kier molecular flexibility index (Phi) is 6.31. The molecular formula is C26H26N4O3. The van der Waals surface area contributed by atoms with Crippen molar-refractivity contribution in [2.45, 2.75) is 13.0 Å². The van der Waals surface area contributed by atoms with E-state index in [1.807, 2.05) is 80.7 Å². The van der Waals surface area contributed by atoms with E-state index in [1.54, 1.807) is 34.7 Å².